The van der Waals surface area contributed by atoms with E-state index in [0.717, 1.165) is 0 Å². The predicted octanol–water partition coefficient (Wildman–Crippen LogP) is 2.03. The third-order valence-corrected chi connectivity index (χ3v) is 4.64. The highest BCUT2D eigenvalue weighted by molar-refractivity contribution is 5.77. The molecule has 0 aliphatic rings. The van der Waals surface area contributed by atoms with Crippen LogP contribution in [0.25, 0.3) is 0 Å². The van der Waals surface area contributed by atoms with E-state index in [1.165, 1.54) is 0 Å². The molecule has 0 aromatic rings. The minimum absolute atomic E-state index is 0.0782. The number of carboxylic acids is 2. The third kappa shape index (κ3) is 25.7. The summed E-state index contributed by atoms with van der Waals surface area (Å²) < 4.78 is 25.1. The third-order valence-electron chi connectivity index (χ3n) is 4.64. The van der Waals surface area contributed by atoms with E-state index in [9.17, 15) is 28.8 Å². The van der Waals surface area contributed by atoms with Gasteiger partial charge in [0.05, 0.1) is 52.1 Å². The van der Waals surface area contributed by atoms with Gasteiger partial charge in [-0.25, -0.2) is 0 Å². The fraction of sp³-hybridized carbons (Fsp3) is 0.750. The van der Waals surface area contributed by atoms with Gasteiger partial charge in [-0.15, -0.1) is 0 Å². The van der Waals surface area contributed by atoms with Crippen LogP contribution in [0.2, 0.25) is 0 Å². The molecule has 0 amide bonds. The quantitative estimate of drug-likeness (QED) is 0.104. The number of carbonyl (C=O) groups is 6. The van der Waals surface area contributed by atoms with Crippen molar-refractivity contribution in [3.8, 4) is 0 Å². The molecule has 0 aliphatic carbocycles. The molecular formula is C24H38O13. The highest BCUT2D eigenvalue weighted by Gasteiger charge is 2.08. The lowest BCUT2D eigenvalue weighted by atomic mass is 10.2. The summed E-state index contributed by atoms with van der Waals surface area (Å²) in [4.78, 5) is 66.4. The summed E-state index contributed by atoms with van der Waals surface area (Å²) in [6.07, 6.45) is 3.19. The van der Waals surface area contributed by atoms with E-state index >= 15 is 0 Å². The molecule has 0 bridgehead atoms. The number of esters is 4. The van der Waals surface area contributed by atoms with Crippen LogP contribution in [0.4, 0.5) is 0 Å². The summed E-state index contributed by atoms with van der Waals surface area (Å²) in [7, 11) is 0. The Hall–Kier alpha value is -3.22. The lowest BCUT2D eigenvalue weighted by Crippen LogP contribution is -2.14. The van der Waals surface area contributed by atoms with Crippen molar-refractivity contribution in [1.82, 2.24) is 0 Å². The van der Waals surface area contributed by atoms with Crippen molar-refractivity contribution in [3.05, 3.63) is 0 Å². The summed E-state index contributed by atoms with van der Waals surface area (Å²) in [6.45, 7) is 0.854. The molecule has 37 heavy (non-hydrogen) atoms. The number of rotatable bonds is 24. The van der Waals surface area contributed by atoms with Crippen molar-refractivity contribution in [2.45, 2.75) is 77.0 Å². The van der Waals surface area contributed by atoms with Crippen LogP contribution < -0.4 is 0 Å². The Balaban J connectivity index is 3.42. The molecular weight excluding hydrogens is 496 g/mol. The van der Waals surface area contributed by atoms with Crippen molar-refractivity contribution in [3.63, 3.8) is 0 Å². The van der Waals surface area contributed by atoms with Gasteiger partial charge in [-0.2, -0.15) is 0 Å². The Labute approximate surface area is 215 Å². The molecule has 0 aromatic carbocycles. The van der Waals surface area contributed by atoms with Crippen LogP contribution in [0.15, 0.2) is 0 Å². The smallest absolute Gasteiger partial charge is 0.306 e. The molecule has 0 spiro atoms. The summed E-state index contributed by atoms with van der Waals surface area (Å²) in [5.41, 5.74) is 0. The van der Waals surface area contributed by atoms with E-state index < -0.39 is 23.9 Å². The maximum atomic E-state index is 11.6. The number of hydrogen-bond donors (Lipinski definition) is 2. The minimum Gasteiger partial charge on any atom is -0.481 e. The van der Waals surface area contributed by atoms with Crippen LogP contribution in [0.1, 0.15) is 77.0 Å². The van der Waals surface area contributed by atoms with E-state index in [-0.39, 0.29) is 90.1 Å². The molecule has 212 valence electrons. The van der Waals surface area contributed by atoms with Crippen molar-refractivity contribution < 1.29 is 62.7 Å². The average Bonchev–Trinajstić information content (AvgIpc) is 2.84. The van der Waals surface area contributed by atoms with Crippen LogP contribution in [-0.4, -0.2) is 85.7 Å². The molecule has 0 aliphatic heterocycles. The van der Waals surface area contributed by atoms with Crippen molar-refractivity contribution >= 4 is 35.8 Å². The molecule has 0 radical (unpaired) electrons. The Morgan fingerprint density at radius 1 is 0.378 bits per heavy atom. The van der Waals surface area contributed by atoms with Crippen molar-refractivity contribution in [2.24, 2.45) is 0 Å². The Bertz CT molecular complexity index is 647. The molecule has 0 rings (SSSR count). The van der Waals surface area contributed by atoms with Gasteiger partial charge in [0.1, 0.15) is 13.2 Å². The number of carboxylic acid groups (broad SMARTS) is 2. The van der Waals surface area contributed by atoms with E-state index in [2.05, 4.69) is 0 Å². The second kappa shape index (κ2) is 23.2. The molecule has 0 fully saturated rings. The van der Waals surface area contributed by atoms with E-state index in [4.69, 9.17) is 33.9 Å². The average molecular weight is 535 g/mol. The van der Waals surface area contributed by atoms with E-state index in [1.54, 1.807) is 0 Å². The monoisotopic (exact) mass is 534 g/mol. The second-order valence-electron chi connectivity index (χ2n) is 7.90. The fourth-order valence-corrected chi connectivity index (χ4v) is 2.71. The van der Waals surface area contributed by atoms with Gasteiger partial charge in [-0.3, -0.25) is 28.8 Å². The van der Waals surface area contributed by atoms with Gasteiger partial charge in [0.15, 0.2) is 0 Å². The summed E-state index contributed by atoms with van der Waals surface area (Å²) in [5, 5.41) is 16.9. The van der Waals surface area contributed by atoms with Gasteiger partial charge in [-0.05, 0) is 38.5 Å². The zero-order valence-corrected chi connectivity index (χ0v) is 21.1. The highest BCUT2D eigenvalue weighted by atomic mass is 16.6. The first kappa shape index (κ1) is 33.8. The predicted molar refractivity (Wildman–Crippen MR) is 125 cm³/mol. The zero-order valence-electron chi connectivity index (χ0n) is 21.1. The molecule has 0 atom stereocenters. The number of ether oxygens (including phenoxy) is 5. The maximum Gasteiger partial charge on any atom is 0.306 e. The molecule has 0 saturated heterocycles. The SMILES string of the molecule is O=C(O)CCC(=O)OCCCCCC(=O)OCCOCCOC(=O)CCCCCOC(=O)CCC(=O)O. The number of carbonyl (C=O) groups excluding carboxylic acids is 4. The van der Waals surface area contributed by atoms with E-state index in [1.807, 2.05) is 0 Å². The molecule has 0 aromatic heterocycles. The van der Waals surface area contributed by atoms with Gasteiger partial charge in [-0.1, -0.05) is 0 Å². The number of unbranched alkanes of at least 4 members (excludes halogenated alkanes) is 4. The zero-order chi connectivity index (χ0) is 27.7. The molecule has 2 N–H and O–H groups in total. The summed E-state index contributed by atoms with van der Waals surface area (Å²) in [5.74, 6) is -3.96. The van der Waals surface area contributed by atoms with Gasteiger partial charge >= 0.3 is 35.8 Å². The Morgan fingerprint density at radius 3 is 1.11 bits per heavy atom. The van der Waals surface area contributed by atoms with Crippen molar-refractivity contribution in [1.29, 1.82) is 0 Å². The van der Waals surface area contributed by atoms with Crippen molar-refractivity contribution in [2.75, 3.05) is 39.6 Å². The second-order valence-corrected chi connectivity index (χ2v) is 7.90. The first-order chi connectivity index (χ1) is 17.7. The molecule has 0 unspecified atom stereocenters. The Morgan fingerprint density at radius 2 is 0.730 bits per heavy atom. The van der Waals surface area contributed by atoms with Gasteiger partial charge in [0.2, 0.25) is 0 Å². The fourth-order valence-electron chi connectivity index (χ4n) is 2.71. The first-order valence-electron chi connectivity index (χ1n) is 12.3. The standard InChI is InChI=1S/C24H38O13/c25-19(26)9-11-23(31)34-13-5-1-3-7-21(29)36-17-15-33-16-18-37-22(30)8-4-2-6-14-35-24(32)12-10-20(27)28/h1-18H2,(H,25,26)(H,27,28). The van der Waals surface area contributed by atoms with Gasteiger partial charge in [0.25, 0.3) is 0 Å². The maximum absolute atomic E-state index is 11.6. The number of hydrogen-bond acceptors (Lipinski definition) is 11. The molecule has 0 saturated carbocycles. The molecule has 13 heteroatoms. The summed E-state index contributed by atoms with van der Waals surface area (Å²) >= 11 is 0. The normalized spacial score (nSPS) is 10.4. The van der Waals surface area contributed by atoms with Gasteiger partial charge < -0.3 is 33.9 Å². The largest absolute Gasteiger partial charge is 0.481 e. The lowest BCUT2D eigenvalue weighted by Gasteiger charge is -2.08. The summed E-state index contributed by atoms with van der Waals surface area (Å²) in [6, 6.07) is 0. The highest BCUT2D eigenvalue weighted by Crippen LogP contribution is 2.04. The van der Waals surface area contributed by atoms with Crippen LogP contribution in [0, 0.1) is 0 Å². The topological polar surface area (TPSA) is 189 Å². The first-order valence-corrected chi connectivity index (χ1v) is 12.3. The van der Waals surface area contributed by atoms with E-state index in [0.29, 0.717) is 38.5 Å². The van der Waals surface area contributed by atoms with Crippen LogP contribution in [0.5, 0.6) is 0 Å². The molecule has 13 nitrogen and oxygen atoms in total. The van der Waals surface area contributed by atoms with Crippen LogP contribution in [-0.2, 0) is 52.5 Å². The van der Waals surface area contributed by atoms with Crippen LogP contribution in [0.3, 0.4) is 0 Å². The van der Waals surface area contributed by atoms with Crippen LogP contribution >= 0.6 is 0 Å². The van der Waals surface area contributed by atoms with Gasteiger partial charge in [0, 0.05) is 12.8 Å². The lowest BCUT2D eigenvalue weighted by molar-refractivity contribution is -0.148. The minimum atomic E-state index is -1.05. The molecule has 0 heterocycles. The number of aliphatic carboxylic acids is 2. The Kier molecular flexibility index (Phi) is 21.2.